The highest BCUT2D eigenvalue weighted by molar-refractivity contribution is 7.08. The van der Waals surface area contributed by atoms with Crippen molar-refractivity contribution < 1.29 is 14.4 Å². The zero-order valence-electron chi connectivity index (χ0n) is 25.6. The van der Waals surface area contributed by atoms with Gasteiger partial charge in [0, 0.05) is 56.6 Å². The smallest absolute Gasteiger partial charge is 0.322 e. The number of halogens is 1. The van der Waals surface area contributed by atoms with Crippen LogP contribution in [-0.4, -0.2) is 96.3 Å². The van der Waals surface area contributed by atoms with Gasteiger partial charge in [-0.3, -0.25) is 9.59 Å². The molecule has 4 amide bonds. The van der Waals surface area contributed by atoms with Gasteiger partial charge in [-0.1, -0.05) is 24.6 Å². The summed E-state index contributed by atoms with van der Waals surface area (Å²) in [5.41, 5.74) is 10.8. The molecule has 1 atom stereocenters. The minimum absolute atomic E-state index is 0.000537. The van der Waals surface area contributed by atoms with Crippen molar-refractivity contribution in [3.8, 4) is 0 Å². The van der Waals surface area contributed by atoms with Crippen molar-refractivity contribution in [2.75, 3.05) is 57.9 Å². The maximum Gasteiger partial charge on any atom is 0.322 e. The van der Waals surface area contributed by atoms with Gasteiger partial charge in [-0.2, -0.15) is 0 Å². The fourth-order valence-electron chi connectivity index (χ4n) is 6.81. The Kier molecular flexibility index (Phi) is 10.2. The second-order valence-corrected chi connectivity index (χ2v) is 13.6. The van der Waals surface area contributed by atoms with E-state index in [2.05, 4.69) is 29.7 Å². The Bertz CT molecular complexity index is 1320. The first-order valence-electron chi connectivity index (χ1n) is 15.6. The molecule has 3 N–H and O–H groups in total. The molecule has 2 fully saturated rings. The van der Waals surface area contributed by atoms with Crippen molar-refractivity contribution in [2.45, 2.75) is 70.4 Å². The molecule has 0 unspecified atom stereocenters. The molecule has 11 heteroatoms. The highest BCUT2D eigenvalue weighted by atomic mass is 35.5. The number of aryl methyl sites for hydroxylation is 1. The number of carbonyl (C=O) groups excluding carboxylic acids is 3. The molecule has 43 heavy (non-hydrogen) atoms. The Hall–Kier alpha value is -2.82. The van der Waals surface area contributed by atoms with Gasteiger partial charge in [0.15, 0.2) is 0 Å². The molecule has 0 bridgehead atoms. The van der Waals surface area contributed by atoms with Crippen molar-refractivity contribution >= 4 is 52.2 Å². The molecule has 1 aromatic heterocycles. The zero-order valence-corrected chi connectivity index (χ0v) is 27.2. The number of nitrogens with one attached hydrogen (secondary N) is 1. The van der Waals surface area contributed by atoms with Gasteiger partial charge in [-0.05, 0) is 87.2 Å². The summed E-state index contributed by atoms with van der Waals surface area (Å²) in [6.45, 7) is 5.27. The number of nitrogens with zero attached hydrogens (tertiary/aromatic N) is 4. The molecule has 1 aromatic carbocycles. The molecule has 9 nitrogen and oxygen atoms in total. The van der Waals surface area contributed by atoms with E-state index in [1.54, 1.807) is 11.3 Å². The number of benzene rings is 1. The first kappa shape index (κ1) is 31.6. The molecule has 5 rings (SSSR count). The molecule has 2 aromatic rings. The second kappa shape index (κ2) is 13.9. The number of likely N-dealkylation sites (tertiary alicyclic amines) is 2. The van der Waals surface area contributed by atoms with Gasteiger partial charge in [0.1, 0.15) is 0 Å². The van der Waals surface area contributed by atoms with E-state index in [0.29, 0.717) is 55.9 Å². The van der Waals surface area contributed by atoms with Crippen LogP contribution in [0.5, 0.6) is 0 Å². The number of thiophene rings is 1. The molecular formula is C32H45ClN6O3S. The topological polar surface area (TPSA) is 102 Å². The summed E-state index contributed by atoms with van der Waals surface area (Å²) in [6.07, 6.45) is 5.50. The van der Waals surface area contributed by atoms with E-state index in [-0.39, 0.29) is 30.3 Å². The fraction of sp³-hybridized carbons (Fsp3) is 0.594. The molecule has 0 saturated carbocycles. The number of piperidine rings is 2. The van der Waals surface area contributed by atoms with Crippen LogP contribution in [-0.2, 0) is 28.9 Å². The lowest BCUT2D eigenvalue weighted by atomic mass is 9.91. The lowest BCUT2D eigenvalue weighted by molar-refractivity contribution is -0.143. The Labute approximate surface area is 264 Å². The van der Waals surface area contributed by atoms with E-state index in [9.17, 15) is 14.4 Å². The normalized spacial score (nSPS) is 19.3. The Morgan fingerprint density at radius 3 is 2.44 bits per heavy atom. The van der Waals surface area contributed by atoms with Crippen LogP contribution in [0.2, 0.25) is 5.02 Å². The van der Waals surface area contributed by atoms with E-state index >= 15 is 0 Å². The van der Waals surface area contributed by atoms with Gasteiger partial charge in [-0.25, -0.2) is 4.79 Å². The zero-order chi connectivity index (χ0) is 30.7. The summed E-state index contributed by atoms with van der Waals surface area (Å²) in [5, 5.41) is 7.64. The minimum Gasteiger partial charge on any atom is -0.397 e. The summed E-state index contributed by atoms with van der Waals surface area (Å²) in [6, 6.07) is 4.37. The summed E-state index contributed by atoms with van der Waals surface area (Å²) < 4.78 is 0. The average molecular weight is 629 g/mol. The van der Waals surface area contributed by atoms with Crippen molar-refractivity contribution in [3.05, 3.63) is 44.6 Å². The van der Waals surface area contributed by atoms with Gasteiger partial charge < -0.3 is 30.7 Å². The molecule has 3 aliphatic heterocycles. The largest absolute Gasteiger partial charge is 0.397 e. The number of carbonyl (C=O) groups is 3. The number of nitrogen functional groups attached to an aromatic ring is 1. The fourth-order valence-corrected chi connectivity index (χ4v) is 7.90. The van der Waals surface area contributed by atoms with Crippen molar-refractivity contribution in [2.24, 2.45) is 5.92 Å². The van der Waals surface area contributed by atoms with Gasteiger partial charge in [0.05, 0.1) is 22.3 Å². The van der Waals surface area contributed by atoms with Crippen LogP contribution in [0.25, 0.3) is 0 Å². The first-order chi connectivity index (χ1) is 20.6. The summed E-state index contributed by atoms with van der Waals surface area (Å²) in [7, 11) is 4.17. The molecule has 234 valence electrons. The van der Waals surface area contributed by atoms with Crippen LogP contribution >= 0.6 is 22.9 Å². The van der Waals surface area contributed by atoms with Crippen LogP contribution in [0.3, 0.4) is 0 Å². The summed E-state index contributed by atoms with van der Waals surface area (Å²) in [4.78, 5) is 48.6. The molecule has 2 saturated heterocycles. The van der Waals surface area contributed by atoms with Crippen LogP contribution in [0.15, 0.2) is 22.9 Å². The first-order valence-corrected chi connectivity index (χ1v) is 16.9. The minimum atomic E-state index is -0.472. The molecule has 0 spiro atoms. The third-order valence-corrected chi connectivity index (χ3v) is 10.6. The highest BCUT2D eigenvalue weighted by Crippen LogP contribution is 2.30. The van der Waals surface area contributed by atoms with Crippen molar-refractivity contribution in [1.29, 1.82) is 0 Å². The van der Waals surface area contributed by atoms with E-state index in [1.807, 2.05) is 39.1 Å². The standard InChI is InChI=1S/C32H45ClN6O3S/c1-4-22-15-21(17-27(33)30(22)34)16-24(31(41)38-12-6-25(7-13-38)36(2)3)18-29(40)37-10-8-26(9-11-37)39-14-5-23-19-43-20-28(23)35-32(39)42/h15,17,19-20,24-26H,4-14,16,18,34H2,1-3H3,(H,35,42)/t24-/m0/s1. The molecule has 4 heterocycles. The summed E-state index contributed by atoms with van der Waals surface area (Å²) >= 11 is 8.08. The number of rotatable bonds is 8. The molecule has 0 aliphatic carbocycles. The van der Waals surface area contributed by atoms with E-state index in [1.165, 1.54) is 5.56 Å². The number of urea groups is 1. The van der Waals surface area contributed by atoms with E-state index in [4.69, 9.17) is 17.3 Å². The Morgan fingerprint density at radius 1 is 1.07 bits per heavy atom. The SMILES string of the molecule is CCc1cc(C[C@@H](CC(=O)N2CCC(N3CCc4cscc4NC3=O)CC2)C(=O)N2CCC(N(C)C)CC2)cc(Cl)c1N. The maximum absolute atomic E-state index is 13.9. The van der Waals surface area contributed by atoms with Gasteiger partial charge >= 0.3 is 6.03 Å². The molecule has 0 radical (unpaired) electrons. The van der Waals surface area contributed by atoms with Crippen LogP contribution in [0.4, 0.5) is 16.2 Å². The van der Waals surface area contributed by atoms with Gasteiger partial charge in [0.2, 0.25) is 11.8 Å². The lowest BCUT2D eigenvalue weighted by Gasteiger charge is -2.39. The third kappa shape index (κ3) is 7.29. The monoisotopic (exact) mass is 628 g/mol. The molecule has 3 aliphatic rings. The lowest BCUT2D eigenvalue weighted by Crippen LogP contribution is -2.51. The second-order valence-electron chi connectivity index (χ2n) is 12.4. The number of fused-ring (bicyclic) bond motifs is 1. The van der Waals surface area contributed by atoms with Crippen LogP contribution in [0.1, 0.15) is 55.7 Å². The number of hydrogen-bond acceptors (Lipinski definition) is 6. The quantitative estimate of drug-likeness (QED) is 0.412. The predicted octanol–water partition coefficient (Wildman–Crippen LogP) is 4.73. The Morgan fingerprint density at radius 2 is 1.77 bits per heavy atom. The number of hydrogen-bond donors (Lipinski definition) is 2. The van der Waals surface area contributed by atoms with Crippen molar-refractivity contribution in [1.82, 2.24) is 19.6 Å². The van der Waals surface area contributed by atoms with E-state index < -0.39 is 5.92 Å². The number of anilines is 2. The molecular weight excluding hydrogens is 584 g/mol. The third-order valence-electron chi connectivity index (χ3n) is 9.54. The van der Waals surface area contributed by atoms with Crippen LogP contribution in [0, 0.1) is 5.92 Å². The predicted molar refractivity (Wildman–Crippen MR) is 174 cm³/mol. The van der Waals surface area contributed by atoms with Crippen LogP contribution < -0.4 is 11.1 Å². The van der Waals surface area contributed by atoms with Gasteiger partial charge in [-0.15, -0.1) is 11.3 Å². The van der Waals surface area contributed by atoms with E-state index in [0.717, 1.165) is 55.3 Å². The maximum atomic E-state index is 13.9. The van der Waals surface area contributed by atoms with Gasteiger partial charge in [0.25, 0.3) is 0 Å². The summed E-state index contributed by atoms with van der Waals surface area (Å²) in [5.74, 6) is -0.430. The Balaban J connectivity index is 1.24. The average Bonchev–Trinajstić information content (AvgIpc) is 3.38. The highest BCUT2D eigenvalue weighted by Gasteiger charge is 2.35. The van der Waals surface area contributed by atoms with Crippen molar-refractivity contribution in [3.63, 3.8) is 0 Å². The number of amides is 4. The number of nitrogens with two attached hydrogens (primary N) is 1.